The Hall–Kier alpha value is -1.16. The van der Waals surface area contributed by atoms with Crippen molar-refractivity contribution in [1.82, 2.24) is 9.97 Å². The van der Waals surface area contributed by atoms with E-state index >= 15 is 0 Å². The molecule has 0 aliphatic heterocycles. The van der Waals surface area contributed by atoms with Crippen molar-refractivity contribution in [2.75, 3.05) is 11.9 Å². The zero-order valence-electron chi connectivity index (χ0n) is 9.20. The van der Waals surface area contributed by atoms with Crippen molar-refractivity contribution >= 4 is 5.82 Å². The summed E-state index contributed by atoms with van der Waals surface area (Å²) in [4.78, 5) is 8.55. The lowest BCUT2D eigenvalue weighted by molar-refractivity contribution is 0.164. The molecule has 15 heavy (non-hydrogen) atoms. The standard InChI is InChI=1S/C11H17N3O/c1-7-8(2)14-11(6-12-7)13-5-10(15)9-3-4-9/h6,9-10,15H,3-5H2,1-2H3,(H,13,14). The van der Waals surface area contributed by atoms with Gasteiger partial charge in [0.05, 0.1) is 23.7 Å². The molecule has 1 atom stereocenters. The number of rotatable bonds is 4. The van der Waals surface area contributed by atoms with Crippen molar-refractivity contribution in [3.05, 3.63) is 17.6 Å². The van der Waals surface area contributed by atoms with Crippen LogP contribution in [0.15, 0.2) is 6.20 Å². The van der Waals surface area contributed by atoms with Crippen molar-refractivity contribution in [2.24, 2.45) is 5.92 Å². The summed E-state index contributed by atoms with van der Waals surface area (Å²) in [5.41, 5.74) is 1.88. The Bertz CT molecular complexity index is 350. The minimum absolute atomic E-state index is 0.242. The van der Waals surface area contributed by atoms with E-state index in [1.165, 1.54) is 0 Å². The van der Waals surface area contributed by atoms with Gasteiger partial charge in [-0.05, 0) is 32.6 Å². The first-order chi connectivity index (χ1) is 7.16. The number of hydrogen-bond donors (Lipinski definition) is 2. The molecule has 0 spiro atoms. The third-order valence-electron chi connectivity index (χ3n) is 2.85. The van der Waals surface area contributed by atoms with E-state index in [1.54, 1.807) is 6.20 Å². The summed E-state index contributed by atoms with van der Waals surface area (Å²) in [5.74, 6) is 1.25. The van der Waals surface area contributed by atoms with Crippen LogP contribution in [0.3, 0.4) is 0 Å². The minimum atomic E-state index is -0.242. The molecule has 4 nitrogen and oxygen atoms in total. The first kappa shape index (κ1) is 10.4. The molecule has 1 heterocycles. The summed E-state index contributed by atoms with van der Waals surface area (Å²) < 4.78 is 0. The fourth-order valence-electron chi connectivity index (χ4n) is 1.48. The van der Waals surface area contributed by atoms with Crippen LogP contribution in [0.25, 0.3) is 0 Å². The minimum Gasteiger partial charge on any atom is -0.391 e. The van der Waals surface area contributed by atoms with E-state index in [4.69, 9.17) is 0 Å². The van der Waals surface area contributed by atoms with Crippen LogP contribution in [0.4, 0.5) is 5.82 Å². The number of hydrogen-bond acceptors (Lipinski definition) is 4. The number of aliphatic hydroxyl groups excluding tert-OH is 1. The van der Waals surface area contributed by atoms with Gasteiger partial charge in [0.25, 0.3) is 0 Å². The molecule has 1 saturated carbocycles. The second kappa shape index (κ2) is 4.14. The van der Waals surface area contributed by atoms with E-state index in [2.05, 4.69) is 15.3 Å². The predicted molar refractivity (Wildman–Crippen MR) is 58.7 cm³/mol. The Morgan fingerprint density at radius 3 is 2.80 bits per heavy atom. The third kappa shape index (κ3) is 2.65. The molecule has 2 rings (SSSR count). The molecule has 1 aromatic rings. The maximum absolute atomic E-state index is 9.66. The maximum Gasteiger partial charge on any atom is 0.144 e. The fraction of sp³-hybridized carbons (Fsp3) is 0.636. The molecular formula is C11H17N3O. The average Bonchev–Trinajstić information content (AvgIpc) is 3.03. The molecule has 82 valence electrons. The largest absolute Gasteiger partial charge is 0.391 e. The van der Waals surface area contributed by atoms with E-state index in [-0.39, 0.29) is 6.10 Å². The number of aliphatic hydroxyl groups is 1. The molecule has 0 bridgehead atoms. The van der Waals surface area contributed by atoms with E-state index in [1.807, 2.05) is 13.8 Å². The van der Waals surface area contributed by atoms with Crippen molar-refractivity contribution in [2.45, 2.75) is 32.8 Å². The average molecular weight is 207 g/mol. The first-order valence-corrected chi connectivity index (χ1v) is 5.39. The molecule has 4 heteroatoms. The van der Waals surface area contributed by atoms with Gasteiger partial charge in [-0.1, -0.05) is 0 Å². The highest BCUT2D eigenvalue weighted by Crippen LogP contribution is 2.32. The summed E-state index contributed by atoms with van der Waals surface area (Å²) in [6.45, 7) is 4.44. The second-order valence-corrected chi connectivity index (χ2v) is 4.21. The molecule has 1 unspecified atom stereocenters. The molecule has 0 aromatic carbocycles. The lowest BCUT2D eigenvalue weighted by Gasteiger charge is -2.11. The zero-order valence-corrected chi connectivity index (χ0v) is 9.20. The van der Waals surface area contributed by atoms with Gasteiger partial charge in [-0.3, -0.25) is 4.98 Å². The van der Waals surface area contributed by atoms with Crippen LogP contribution in [0, 0.1) is 19.8 Å². The number of nitrogens with zero attached hydrogens (tertiary/aromatic N) is 2. The molecule has 1 fully saturated rings. The molecule has 1 aromatic heterocycles. The molecule has 1 aliphatic carbocycles. The maximum atomic E-state index is 9.66. The van der Waals surface area contributed by atoms with Crippen LogP contribution in [-0.2, 0) is 0 Å². The van der Waals surface area contributed by atoms with Crippen LogP contribution in [-0.4, -0.2) is 27.7 Å². The highest BCUT2D eigenvalue weighted by atomic mass is 16.3. The van der Waals surface area contributed by atoms with Gasteiger partial charge in [-0.25, -0.2) is 4.98 Å². The zero-order chi connectivity index (χ0) is 10.8. The normalized spacial score (nSPS) is 17.5. The molecule has 0 saturated heterocycles. The lowest BCUT2D eigenvalue weighted by Crippen LogP contribution is -2.22. The van der Waals surface area contributed by atoms with Gasteiger partial charge in [-0.2, -0.15) is 0 Å². The van der Waals surface area contributed by atoms with Crippen molar-refractivity contribution in [1.29, 1.82) is 0 Å². The van der Waals surface area contributed by atoms with Gasteiger partial charge in [-0.15, -0.1) is 0 Å². The Balaban J connectivity index is 1.89. The highest BCUT2D eigenvalue weighted by molar-refractivity contribution is 5.33. The van der Waals surface area contributed by atoms with Gasteiger partial charge < -0.3 is 10.4 Å². The van der Waals surface area contributed by atoms with E-state index in [0.717, 1.165) is 30.0 Å². The molecular weight excluding hydrogens is 190 g/mol. The Kier molecular flexibility index (Phi) is 2.86. The molecule has 0 radical (unpaired) electrons. The molecule has 1 aliphatic rings. The monoisotopic (exact) mass is 207 g/mol. The van der Waals surface area contributed by atoms with Gasteiger partial charge >= 0.3 is 0 Å². The Labute approximate surface area is 89.8 Å². The van der Waals surface area contributed by atoms with E-state index < -0.39 is 0 Å². The third-order valence-corrected chi connectivity index (χ3v) is 2.85. The topological polar surface area (TPSA) is 58.0 Å². The Morgan fingerprint density at radius 1 is 1.47 bits per heavy atom. The number of nitrogens with one attached hydrogen (secondary N) is 1. The molecule has 2 N–H and O–H groups in total. The first-order valence-electron chi connectivity index (χ1n) is 5.39. The van der Waals surface area contributed by atoms with Gasteiger partial charge in [0, 0.05) is 6.54 Å². The summed E-state index contributed by atoms with van der Waals surface area (Å²) in [6, 6.07) is 0. The molecule has 0 amide bonds. The van der Waals surface area contributed by atoms with Crippen molar-refractivity contribution in [3.63, 3.8) is 0 Å². The smallest absolute Gasteiger partial charge is 0.144 e. The van der Waals surface area contributed by atoms with Gasteiger partial charge in [0.1, 0.15) is 5.82 Å². The van der Waals surface area contributed by atoms with Crippen LogP contribution >= 0.6 is 0 Å². The summed E-state index contributed by atoms with van der Waals surface area (Å²) in [5, 5.41) is 12.8. The van der Waals surface area contributed by atoms with E-state index in [0.29, 0.717) is 12.5 Å². The number of anilines is 1. The lowest BCUT2D eigenvalue weighted by atomic mass is 10.2. The number of aromatic nitrogens is 2. The fourth-order valence-corrected chi connectivity index (χ4v) is 1.48. The second-order valence-electron chi connectivity index (χ2n) is 4.21. The number of aryl methyl sites for hydroxylation is 2. The van der Waals surface area contributed by atoms with Crippen LogP contribution in [0.1, 0.15) is 24.2 Å². The summed E-state index contributed by atoms with van der Waals surface area (Å²) in [7, 11) is 0. The van der Waals surface area contributed by atoms with Crippen LogP contribution in [0.2, 0.25) is 0 Å². The van der Waals surface area contributed by atoms with Crippen molar-refractivity contribution < 1.29 is 5.11 Å². The van der Waals surface area contributed by atoms with Gasteiger partial charge in [0.15, 0.2) is 0 Å². The summed E-state index contributed by atoms with van der Waals surface area (Å²) >= 11 is 0. The Morgan fingerprint density at radius 2 is 2.20 bits per heavy atom. The summed E-state index contributed by atoms with van der Waals surface area (Å²) in [6.07, 6.45) is 3.78. The van der Waals surface area contributed by atoms with E-state index in [9.17, 15) is 5.11 Å². The predicted octanol–water partition coefficient (Wildman–Crippen LogP) is 1.28. The van der Waals surface area contributed by atoms with Gasteiger partial charge in [0.2, 0.25) is 0 Å². The highest BCUT2D eigenvalue weighted by Gasteiger charge is 2.29. The SMILES string of the molecule is Cc1ncc(NCC(O)C2CC2)nc1C. The quantitative estimate of drug-likeness (QED) is 0.780. The van der Waals surface area contributed by atoms with Crippen LogP contribution in [0.5, 0.6) is 0 Å². The van der Waals surface area contributed by atoms with Crippen molar-refractivity contribution in [3.8, 4) is 0 Å². The van der Waals surface area contributed by atoms with Crippen LogP contribution < -0.4 is 5.32 Å².